The number of nitriles is 1. The first-order valence-electron chi connectivity index (χ1n) is 6.70. The molecule has 1 aliphatic heterocycles. The van der Waals surface area contributed by atoms with Gasteiger partial charge in [-0.2, -0.15) is 5.26 Å². The second-order valence-electron chi connectivity index (χ2n) is 4.88. The van der Waals surface area contributed by atoms with Crippen LogP contribution in [0.3, 0.4) is 0 Å². The Labute approximate surface area is 131 Å². The lowest BCUT2D eigenvalue weighted by molar-refractivity contribution is -0.129. The van der Waals surface area contributed by atoms with Gasteiger partial charge < -0.3 is 9.30 Å². The number of hydrogen-bond acceptors (Lipinski definition) is 5. The molecule has 0 amide bonds. The zero-order valence-corrected chi connectivity index (χ0v) is 13.0. The molecule has 0 N–H and O–H groups in total. The first-order chi connectivity index (χ1) is 10.6. The second kappa shape index (κ2) is 5.62. The number of carbonyl (C=O) groups is 1. The van der Waals surface area contributed by atoms with Crippen LogP contribution in [0.4, 0.5) is 0 Å². The van der Waals surface area contributed by atoms with E-state index < -0.39 is 5.97 Å². The molecule has 0 aromatic carbocycles. The lowest BCUT2D eigenvalue weighted by Crippen LogP contribution is -2.03. The van der Waals surface area contributed by atoms with E-state index in [4.69, 9.17) is 10.00 Å². The Bertz CT molecular complexity index is 836. The van der Waals surface area contributed by atoms with E-state index in [-0.39, 0.29) is 12.2 Å². The van der Waals surface area contributed by atoms with Crippen LogP contribution >= 0.6 is 11.3 Å². The number of cyclic esters (lactones) is 1. The number of carbonyl (C=O) groups excluding carboxylic acids is 1. The summed E-state index contributed by atoms with van der Waals surface area (Å²) in [6.07, 6.45) is 1.71. The number of ether oxygens (including phenoxy) is 1. The van der Waals surface area contributed by atoms with Gasteiger partial charge in [-0.3, -0.25) is 0 Å². The quantitative estimate of drug-likeness (QED) is 0.646. The lowest BCUT2D eigenvalue weighted by atomic mass is 10.2. The van der Waals surface area contributed by atoms with Gasteiger partial charge in [-0.05, 0) is 43.0 Å². The van der Waals surface area contributed by atoms with E-state index in [0.29, 0.717) is 5.90 Å². The minimum atomic E-state index is -0.450. The molecule has 3 heterocycles. The number of thiophene rings is 1. The number of esters is 1. The minimum absolute atomic E-state index is 0.278. The Morgan fingerprint density at radius 1 is 1.50 bits per heavy atom. The number of aromatic nitrogens is 1. The molecule has 0 fully saturated rings. The molecule has 2 aromatic rings. The summed E-state index contributed by atoms with van der Waals surface area (Å²) in [6.45, 7) is 4.13. The molecule has 2 aromatic heterocycles. The maximum atomic E-state index is 12.0. The van der Waals surface area contributed by atoms with E-state index in [2.05, 4.69) is 11.1 Å². The third kappa shape index (κ3) is 2.47. The summed E-state index contributed by atoms with van der Waals surface area (Å²) in [4.78, 5) is 17.1. The molecule has 1 aliphatic rings. The van der Waals surface area contributed by atoms with Crippen LogP contribution in [0.25, 0.3) is 6.08 Å². The highest BCUT2D eigenvalue weighted by Gasteiger charge is 2.25. The van der Waals surface area contributed by atoms with Crippen LogP contribution in [0.1, 0.15) is 21.8 Å². The largest absolute Gasteiger partial charge is 0.401 e. The normalized spacial score (nSPS) is 15.8. The molecule has 0 spiro atoms. The van der Waals surface area contributed by atoms with E-state index >= 15 is 0 Å². The topological polar surface area (TPSA) is 67.4 Å². The first kappa shape index (κ1) is 14.3. The van der Waals surface area contributed by atoms with E-state index in [9.17, 15) is 4.79 Å². The summed E-state index contributed by atoms with van der Waals surface area (Å²) < 4.78 is 7.11. The van der Waals surface area contributed by atoms with Crippen molar-refractivity contribution in [2.24, 2.45) is 4.99 Å². The third-order valence-corrected chi connectivity index (χ3v) is 4.34. The number of aliphatic imine (C=N–C) groups is 1. The lowest BCUT2D eigenvalue weighted by Gasteiger charge is -2.02. The highest BCUT2D eigenvalue weighted by Crippen LogP contribution is 2.24. The van der Waals surface area contributed by atoms with Gasteiger partial charge in [0, 0.05) is 11.4 Å². The van der Waals surface area contributed by atoms with Crippen LogP contribution in [-0.2, 0) is 16.1 Å². The summed E-state index contributed by atoms with van der Waals surface area (Å²) in [7, 11) is 0. The van der Waals surface area contributed by atoms with Gasteiger partial charge in [0.15, 0.2) is 5.70 Å². The molecule has 110 valence electrons. The van der Waals surface area contributed by atoms with Crippen molar-refractivity contribution >= 4 is 29.3 Å². The van der Waals surface area contributed by atoms with E-state index in [1.807, 2.05) is 42.0 Å². The van der Waals surface area contributed by atoms with Crippen LogP contribution in [0, 0.1) is 25.2 Å². The SMILES string of the molecule is Cc1cc(C=C2N=C(c3cccs3)OC2=O)c(C)n1CC#N. The van der Waals surface area contributed by atoms with Gasteiger partial charge >= 0.3 is 5.97 Å². The Kier molecular flexibility index (Phi) is 3.65. The number of aryl methyl sites for hydroxylation is 1. The fourth-order valence-electron chi connectivity index (χ4n) is 2.35. The molecule has 0 radical (unpaired) electrons. The minimum Gasteiger partial charge on any atom is -0.401 e. The van der Waals surface area contributed by atoms with Crippen LogP contribution < -0.4 is 0 Å². The predicted molar refractivity (Wildman–Crippen MR) is 84.4 cm³/mol. The fraction of sp³-hybridized carbons (Fsp3) is 0.188. The van der Waals surface area contributed by atoms with Gasteiger partial charge in [-0.25, -0.2) is 9.79 Å². The van der Waals surface area contributed by atoms with Gasteiger partial charge in [-0.15, -0.1) is 11.3 Å². The molecule has 0 saturated carbocycles. The zero-order valence-electron chi connectivity index (χ0n) is 12.2. The summed E-state index contributed by atoms with van der Waals surface area (Å²) in [5.74, 6) is -0.106. The molecule has 0 unspecified atom stereocenters. The molecule has 0 aliphatic carbocycles. The summed E-state index contributed by atoms with van der Waals surface area (Å²) in [5, 5.41) is 10.8. The van der Waals surface area contributed by atoms with Gasteiger partial charge in [0.1, 0.15) is 6.54 Å². The van der Waals surface area contributed by atoms with Crippen LogP contribution in [0.15, 0.2) is 34.3 Å². The maximum Gasteiger partial charge on any atom is 0.363 e. The van der Waals surface area contributed by atoms with Crippen molar-refractivity contribution in [2.45, 2.75) is 20.4 Å². The molecule has 22 heavy (non-hydrogen) atoms. The van der Waals surface area contributed by atoms with Crippen molar-refractivity contribution in [1.82, 2.24) is 4.57 Å². The van der Waals surface area contributed by atoms with Gasteiger partial charge in [-0.1, -0.05) is 6.07 Å². The van der Waals surface area contributed by atoms with Gasteiger partial charge in [0.25, 0.3) is 0 Å². The van der Waals surface area contributed by atoms with Gasteiger partial charge in [0.05, 0.1) is 10.9 Å². The maximum absolute atomic E-state index is 12.0. The van der Waals surface area contributed by atoms with Crippen molar-refractivity contribution < 1.29 is 9.53 Å². The van der Waals surface area contributed by atoms with Crippen LogP contribution in [0.2, 0.25) is 0 Å². The third-order valence-electron chi connectivity index (χ3n) is 3.49. The molecule has 3 rings (SSSR count). The Balaban J connectivity index is 1.97. The Hall–Kier alpha value is -2.65. The average Bonchev–Trinajstić information content (AvgIpc) is 3.18. The zero-order chi connectivity index (χ0) is 15.7. The number of nitrogens with zero attached hydrogens (tertiary/aromatic N) is 3. The van der Waals surface area contributed by atoms with Crippen molar-refractivity contribution in [3.63, 3.8) is 0 Å². The number of hydrogen-bond donors (Lipinski definition) is 0. The van der Waals surface area contributed by atoms with Crippen molar-refractivity contribution in [3.05, 3.63) is 51.1 Å². The molecule has 0 saturated heterocycles. The molecule has 0 atom stereocenters. The van der Waals surface area contributed by atoms with Crippen molar-refractivity contribution in [2.75, 3.05) is 0 Å². The van der Waals surface area contributed by atoms with E-state index in [1.54, 1.807) is 6.08 Å². The van der Waals surface area contributed by atoms with Crippen molar-refractivity contribution in [3.8, 4) is 6.07 Å². The molecular weight excluding hydrogens is 298 g/mol. The van der Waals surface area contributed by atoms with Gasteiger partial charge in [0.2, 0.25) is 5.90 Å². The van der Waals surface area contributed by atoms with Crippen molar-refractivity contribution in [1.29, 1.82) is 5.26 Å². The van der Waals surface area contributed by atoms with E-state index in [1.165, 1.54) is 11.3 Å². The summed E-state index contributed by atoms with van der Waals surface area (Å²) in [5.41, 5.74) is 3.05. The Morgan fingerprint density at radius 2 is 2.32 bits per heavy atom. The smallest absolute Gasteiger partial charge is 0.363 e. The summed E-state index contributed by atoms with van der Waals surface area (Å²) >= 11 is 1.47. The average molecular weight is 311 g/mol. The standard InChI is InChI=1S/C16H13N3O2S/c1-10-8-12(11(2)19(10)6-5-17)9-13-16(20)21-15(18-13)14-4-3-7-22-14/h3-4,7-9H,6H2,1-2H3. The van der Waals surface area contributed by atoms with E-state index in [0.717, 1.165) is 21.8 Å². The summed E-state index contributed by atoms with van der Waals surface area (Å²) in [6, 6.07) is 7.81. The molecule has 0 bridgehead atoms. The first-order valence-corrected chi connectivity index (χ1v) is 7.58. The predicted octanol–water partition coefficient (Wildman–Crippen LogP) is 3.03. The second-order valence-corrected chi connectivity index (χ2v) is 5.83. The fourth-order valence-corrected chi connectivity index (χ4v) is 3.00. The highest BCUT2D eigenvalue weighted by atomic mass is 32.1. The highest BCUT2D eigenvalue weighted by molar-refractivity contribution is 7.12. The molecular formula is C16H13N3O2S. The molecule has 5 nitrogen and oxygen atoms in total. The number of rotatable bonds is 3. The Morgan fingerprint density at radius 3 is 3.00 bits per heavy atom. The monoisotopic (exact) mass is 311 g/mol. The van der Waals surface area contributed by atoms with Crippen LogP contribution in [0.5, 0.6) is 0 Å². The molecule has 6 heteroatoms. The van der Waals surface area contributed by atoms with Crippen LogP contribution in [-0.4, -0.2) is 16.4 Å².